The van der Waals surface area contributed by atoms with E-state index in [0.717, 1.165) is 5.00 Å². The quantitative estimate of drug-likeness (QED) is 0.384. The minimum absolute atomic E-state index is 0.706. The van der Waals surface area contributed by atoms with Gasteiger partial charge >= 0.3 is 0 Å². The fourth-order valence-corrected chi connectivity index (χ4v) is 1.06. The Morgan fingerprint density at radius 3 is 2.62 bits per heavy atom. The third-order valence-electron chi connectivity index (χ3n) is 0.827. The zero-order valence-electron chi connectivity index (χ0n) is 4.22. The average Bonchev–Trinajstić information content (AvgIpc) is 2.14. The summed E-state index contributed by atoms with van der Waals surface area (Å²) in [5.41, 5.74) is 8.59. The second kappa shape index (κ2) is 2.02. The van der Waals surface area contributed by atoms with E-state index in [1.807, 2.05) is 5.38 Å². The molecule has 5 N–H and O–H groups in total. The van der Waals surface area contributed by atoms with E-state index in [-0.39, 0.29) is 0 Å². The van der Waals surface area contributed by atoms with Crippen molar-refractivity contribution in [2.45, 2.75) is 0 Å². The van der Waals surface area contributed by atoms with Crippen molar-refractivity contribution < 1.29 is 0 Å². The molecule has 1 aromatic rings. The fourth-order valence-electron chi connectivity index (χ4n) is 0.436. The van der Waals surface area contributed by atoms with Crippen LogP contribution in [0.25, 0.3) is 0 Å². The van der Waals surface area contributed by atoms with Crippen LogP contribution in [0.4, 0.5) is 10.7 Å². The molecule has 1 rings (SSSR count). The summed E-state index contributed by atoms with van der Waals surface area (Å²) < 4.78 is 0. The predicted octanol–water partition coefficient (Wildman–Crippen LogP) is 0.616. The molecule has 0 spiro atoms. The summed E-state index contributed by atoms with van der Waals surface area (Å²) in [6.07, 6.45) is 0. The van der Waals surface area contributed by atoms with Gasteiger partial charge in [0, 0.05) is 0 Å². The van der Waals surface area contributed by atoms with Gasteiger partial charge < -0.3 is 11.2 Å². The van der Waals surface area contributed by atoms with Gasteiger partial charge in [0.1, 0.15) is 5.00 Å². The van der Waals surface area contributed by atoms with Crippen molar-refractivity contribution in [1.29, 1.82) is 0 Å². The van der Waals surface area contributed by atoms with Crippen LogP contribution in [-0.4, -0.2) is 0 Å². The molecule has 0 aliphatic heterocycles. The standard InChI is InChI=1S/C4H7N3S/c5-3-1-2-8-4(3)7-6/h1-2,7H,5-6H2. The van der Waals surface area contributed by atoms with Gasteiger partial charge in [0.15, 0.2) is 0 Å². The highest BCUT2D eigenvalue weighted by atomic mass is 32.1. The van der Waals surface area contributed by atoms with E-state index in [4.69, 9.17) is 11.6 Å². The Morgan fingerprint density at radius 2 is 2.38 bits per heavy atom. The molecule has 0 aromatic carbocycles. The topological polar surface area (TPSA) is 64.1 Å². The molecule has 8 heavy (non-hydrogen) atoms. The second-order valence-corrected chi connectivity index (χ2v) is 2.27. The highest BCUT2D eigenvalue weighted by Crippen LogP contribution is 2.23. The SMILES string of the molecule is NNc1sccc1N. The Labute approximate surface area is 51.3 Å². The lowest BCUT2D eigenvalue weighted by molar-refractivity contribution is 1.39. The third kappa shape index (κ3) is 0.753. The van der Waals surface area contributed by atoms with Gasteiger partial charge in [0.2, 0.25) is 0 Å². The van der Waals surface area contributed by atoms with E-state index in [1.165, 1.54) is 11.3 Å². The van der Waals surface area contributed by atoms with Gasteiger partial charge in [0.25, 0.3) is 0 Å². The molecule has 0 atom stereocenters. The van der Waals surface area contributed by atoms with Crippen LogP contribution in [0, 0.1) is 0 Å². The number of anilines is 2. The van der Waals surface area contributed by atoms with E-state index in [2.05, 4.69) is 5.43 Å². The lowest BCUT2D eigenvalue weighted by Gasteiger charge is -1.92. The van der Waals surface area contributed by atoms with Crippen LogP contribution in [0.2, 0.25) is 0 Å². The summed E-state index contributed by atoms with van der Waals surface area (Å²) in [4.78, 5) is 0. The van der Waals surface area contributed by atoms with Gasteiger partial charge in [-0.15, -0.1) is 11.3 Å². The maximum absolute atomic E-state index is 5.42. The van der Waals surface area contributed by atoms with Crippen molar-refractivity contribution in [3.8, 4) is 0 Å². The van der Waals surface area contributed by atoms with Crippen molar-refractivity contribution in [3.63, 3.8) is 0 Å². The first-order chi connectivity index (χ1) is 3.84. The van der Waals surface area contributed by atoms with Gasteiger partial charge in [-0.05, 0) is 11.4 Å². The molecule has 0 saturated carbocycles. The van der Waals surface area contributed by atoms with E-state index in [0.29, 0.717) is 5.69 Å². The molecule has 4 heteroatoms. The Balaban J connectivity index is 2.92. The first kappa shape index (κ1) is 5.40. The van der Waals surface area contributed by atoms with Crippen LogP contribution in [-0.2, 0) is 0 Å². The van der Waals surface area contributed by atoms with Crippen LogP contribution in [0.3, 0.4) is 0 Å². The fraction of sp³-hybridized carbons (Fsp3) is 0. The molecular weight excluding hydrogens is 122 g/mol. The van der Waals surface area contributed by atoms with Gasteiger partial charge in [-0.2, -0.15) is 0 Å². The first-order valence-electron chi connectivity index (χ1n) is 2.14. The number of hydrogen-bond donors (Lipinski definition) is 3. The van der Waals surface area contributed by atoms with E-state index >= 15 is 0 Å². The summed E-state index contributed by atoms with van der Waals surface area (Å²) in [5.74, 6) is 5.08. The molecule has 1 aromatic heterocycles. The molecule has 44 valence electrons. The molecule has 0 unspecified atom stereocenters. The van der Waals surface area contributed by atoms with Gasteiger partial charge in [-0.3, -0.25) is 0 Å². The van der Waals surface area contributed by atoms with Gasteiger partial charge in [-0.25, -0.2) is 5.84 Å². The van der Waals surface area contributed by atoms with Crippen LogP contribution < -0.4 is 17.0 Å². The highest BCUT2D eigenvalue weighted by molar-refractivity contribution is 7.14. The maximum atomic E-state index is 5.42. The monoisotopic (exact) mass is 129 g/mol. The number of rotatable bonds is 1. The van der Waals surface area contributed by atoms with Crippen LogP contribution in [0.15, 0.2) is 11.4 Å². The Morgan fingerprint density at radius 1 is 1.62 bits per heavy atom. The van der Waals surface area contributed by atoms with Crippen LogP contribution in [0.1, 0.15) is 0 Å². The number of nitrogens with one attached hydrogen (secondary N) is 1. The first-order valence-corrected chi connectivity index (χ1v) is 3.02. The molecule has 0 saturated heterocycles. The van der Waals surface area contributed by atoms with Crippen molar-refractivity contribution >= 4 is 22.0 Å². The highest BCUT2D eigenvalue weighted by Gasteiger charge is 1.93. The molecule has 1 heterocycles. The molecule has 0 amide bonds. The number of thiophene rings is 1. The second-order valence-electron chi connectivity index (χ2n) is 1.35. The summed E-state index contributed by atoms with van der Waals surface area (Å²) in [5, 5.41) is 2.70. The van der Waals surface area contributed by atoms with Crippen molar-refractivity contribution in [1.82, 2.24) is 0 Å². The van der Waals surface area contributed by atoms with E-state index < -0.39 is 0 Å². The van der Waals surface area contributed by atoms with Crippen molar-refractivity contribution in [2.24, 2.45) is 5.84 Å². The predicted molar refractivity (Wildman–Crippen MR) is 36.5 cm³/mol. The molecule has 0 radical (unpaired) electrons. The van der Waals surface area contributed by atoms with Gasteiger partial charge in [-0.1, -0.05) is 0 Å². The molecular formula is C4H7N3S. The molecule has 0 aliphatic rings. The zero-order chi connectivity index (χ0) is 5.98. The van der Waals surface area contributed by atoms with Gasteiger partial charge in [0.05, 0.1) is 5.69 Å². The van der Waals surface area contributed by atoms with Crippen molar-refractivity contribution in [3.05, 3.63) is 11.4 Å². The maximum Gasteiger partial charge on any atom is 0.126 e. The Kier molecular flexibility index (Phi) is 1.36. The normalized spacial score (nSPS) is 9.12. The number of hydrogen-bond acceptors (Lipinski definition) is 4. The lowest BCUT2D eigenvalue weighted by Crippen LogP contribution is -2.06. The summed E-state index contributed by atoms with van der Waals surface area (Å²) >= 11 is 1.49. The minimum Gasteiger partial charge on any atom is -0.396 e. The molecule has 0 fully saturated rings. The Hall–Kier alpha value is -0.740. The smallest absolute Gasteiger partial charge is 0.126 e. The van der Waals surface area contributed by atoms with E-state index in [9.17, 15) is 0 Å². The minimum atomic E-state index is 0.706. The van der Waals surface area contributed by atoms with Crippen LogP contribution in [0.5, 0.6) is 0 Å². The summed E-state index contributed by atoms with van der Waals surface area (Å²) in [6, 6.07) is 1.81. The zero-order valence-corrected chi connectivity index (χ0v) is 5.03. The third-order valence-corrected chi connectivity index (χ3v) is 1.69. The van der Waals surface area contributed by atoms with Crippen LogP contribution >= 0.6 is 11.3 Å². The number of hydrazine groups is 1. The van der Waals surface area contributed by atoms with E-state index in [1.54, 1.807) is 6.07 Å². The summed E-state index contributed by atoms with van der Waals surface area (Å²) in [6.45, 7) is 0. The molecule has 3 nitrogen and oxygen atoms in total. The number of nitrogen functional groups attached to an aromatic ring is 2. The molecule has 0 aliphatic carbocycles. The molecule has 0 bridgehead atoms. The number of nitrogens with two attached hydrogens (primary N) is 2. The Bertz CT molecular complexity index is 172. The largest absolute Gasteiger partial charge is 0.396 e. The average molecular weight is 129 g/mol. The lowest BCUT2D eigenvalue weighted by atomic mass is 10.5. The van der Waals surface area contributed by atoms with Crippen molar-refractivity contribution in [2.75, 3.05) is 11.2 Å². The summed E-state index contributed by atoms with van der Waals surface area (Å²) in [7, 11) is 0.